The molecule has 7 nitrogen and oxygen atoms in total. The van der Waals surface area contributed by atoms with Crippen molar-refractivity contribution in [1.82, 2.24) is 5.01 Å². The van der Waals surface area contributed by atoms with Crippen molar-refractivity contribution in [2.75, 3.05) is 26.3 Å². The fourth-order valence-corrected chi connectivity index (χ4v) is 0.817. The number of morpholine rings is 1. The maximum atomic E-state index is 9.00. The molecule has 0 amide bonds. The number of carbonyl (C=O) groups is 1. The number of hydrogen-bond acceptors (Lipinski definition) is 4. The lowest BCUT2D eigenvalue weighted by molar-refractivity contribution is -0.134. The molecule has 0 radical (unpaired) electrons. The largest absolute Gasteiger partial charge is 0.481 e. The third-order valence-electron chi connectivity index (χ3n) is 1.24. The highest BCUT2D eigenvalue weighted by molar-refractivity contribution is 5.75. The summed E-state index contributed by atoms with van der Waals surface area (Å²) in [6.45, 7) is 4.04. The van der Waals surface area contributed by atoms with Crippen molar-refractivity contribution in [1.29, 1.82) is 0 Å². The lowest BCUT2D eigenvalue weighted by atomic mass is 10.5. The van der Waals surface area contributed by atoms with E-state index in [0.717, 1.165) is 20.0 Å². The number of ether oxygens (including phenoxy) is 1. The molecule has 14 heavy (non-hydrogen) atoms. The van der Waals surface area contributed by atoms with Crippen molar-refractivity contribution in [3.8, 4) is 0 Å². The van der Waals surface area contributed by atoms with Crippen LogP contribution >= 0.6 is 0 Å². The number of aliphatic carboxylic acids is 1. The molecule has 0 atom stereocenters. The molecular formula is C7H16N4O3. The summed E-state index contributed by atoms with van der Waals surface area (Å²) in [5.41, 5.74) is 10.3. The van der Waals surface area contributed by atoms with E-state index in [-0.39, 0.29) is 5.96 Å². The Balaban J connectivity index is 0.000000364. The van der Waals surface area contributed by atoms with Crippen molar-refractivity contribution in [2.45, 2.75) is 6.92 Å². The Hall–Kier alpha value is -1.50. The second-order valence-electron chi connectivity index (χ2n) is 2.61. The molecule has 0 aromatic carbocycles. The first-order valence-corrected chi connectivity index (χ1v) is 4.14. The molecule has 0 aromatic rings. The average molecular weight is 204 g/mol. The second kappa shape index (κ2) is 6.96. The Morgan fingerprint density at radius 3 is 2.21 bits per heavy atom. The summed E-state index contributed by atoms with van der Waals surface area (Å²) in [6.07, 6.45) is 0. The van der Waals surface area contributed by atoms with Crippen LogP contribution in [-0.4, -0.2) is 48.3 Å². The summed E-state index contributed by atoms with van der Waals surface area (Å²) < 4.78 is 5.09. The van der Waals surface area contributed by atoms with E-state index in [4.69, 9.17) is 26.1 Å². The molecule has 0 aromatic heterocycles. The maximum Gasteiger partial charge on any atom is 0.300 e. The van der Waals surface area contributed by atoms with Crippen LogP contribution in [-0.2, 0) is 9.53 Å². The molecule has 1 saturated heterocycles. The molecule has 1 fully saturated rings. The molecule has 1 heterocycles. The number of guanidine groups is 1. The molecule has 0 aliphatic carbocycles. The summed E-state index contributed by atoms with van der Waals surface area (Å²) in [6, 6.07) is 0. The number of rotatable bonds is 1. The molecular weight excluding hydrogens is 188 g/mol. The van der Waals surface area contributed by atoms with Crippen LogP contribution < -0.4 is 11.5 Å². The van der Waals surface area contributed by atoms with Crippen LogP contribution in [0.4, 0.5) is 0 Å². The van der Waals surface area contributed by atoms with Crippen molar-refractivity contribution >= 4 is 11.9 Å². The lowest BCUT2D eigenvalue weighted by Gasteiger charge is -2.23. The summed E-state index contributed by atoms with van der Waals surface area (Å²) in [5.74, 6) is -0.720. The van der Waals surface area contributed by atoms with E-state index >= 15 is 0 Å². The van der Waals surface area contributed by atoms with Gasteiger partial charge in [0.25, 0.3) is 5.97 Å². The molecule has 0 spiro atoms. The van der Waals surface area contributed by atoms with Gasteiger partial charge in [0, 0.05) is 6.92 Å². The van der Waals surface area contributed by atoms with E-state index in [1.165, 1.54) is 0 Å². The van der Waals surface area contributed by atoms with Crippen LogP contribution in [0.3, 0.4) is 0 Å². The van der Waals surface area contributed by atoms with E-state index in [2.05, 4.69) is 5.10 Å². The predicted octanol–water partition coefficient (Wildman–Crippen LogP) is -1.40. The van der Waals surface area contributed by atoms with E-state index in [9.17, 15) is 0 Å². The molecule has 0 unspecified atom stereocenters. The molecule has 5 N–H and O–H groups in total. The zero-order valence-electron chi connectivity index (χ0n) is 8.14. The van der Waals surface area contributed by atoms with Crippen LogP contribution in [0.1, 0.15) is 6.92 Å². The smallest absolute Gasteiger partial charge is 0.300 e. The van der Waals surface area contributed by atoms with Gasteiger partial charge in [0.05, 0.1) is 26.3 Å². The molecule has 1 aliphatic heterocycles. The third-order valence-corrected chi connectivity index (χ3v) is 1.24. The van der Waals surface area contributed by atoms with Crippen LogP contribution in [0.5, 0.6) is 0 Å². The predicted molar refractivity (Wildman–Crippen MR) is 51.5 cm³/mol. The highest BCUT2D eigenvalue weighted by Crippen LogP contribution is 1.95. The first-order chi connectivity index (χ1) is 6.52. The van der Waals surface area contributed by atoms with Gasteiger partial charge in [-0.1, -0.05) is 0 Å². The van der Waals surface area contributed by atoms with Crippen molar-refractivity contribution < 1.29 is 14.6 Å². The molecule has 1 rings (SSSR count). The van der Waals surface area contributed by atoms with Gasteiger partial charge in [0.2, 0.25) is 5.96 Å². The topological polar surface area (TPSA) is 114 Å². The number of nitrogens with two attached hydrogens (primary N) is 2. The lowest BCUT2D eigenvalue weighted by Crippen LogP contribution is -2.36. The zero-order chi connectivity index (χ0) is 11.0. The van der Waals surface area contributed by atoms with Crippen molar-refractivity contribution in [3.05, 3.63) is 0 Å². The molecule has 82 valence electrons. The molecule has 1 aliphatic rings. The monoisotopic (exact) mass is 204 g/mol. The van der Waals surface area contributed by atoms with Gasteiger partial charge in [-0.25, -0.2) is 0 Å². The average Bonchev–Trinajstić information content (AvgIpc) is 2.03. The minimum atomic E-state index is -0.833. The van der Waals surface area contributed by atoms with Crippen molar-refractivity contribution in [3.63, 3.8) is 0 Å². The Morgan fingerprint density at radius 2 is 1.86 bits per heavy atom. The number of carboxylic acids is 1. The Labute approximate surface area is 82.3 Å². The van der Waals surface area contributed by atoms with E-state index in [1.807, 2.05) is 0 Å². The van der Waals surface area contributed by atoms with Gasteiger partial charge in [-0.3, -0.25) is 9.80 Å². The Kier molecular flexibility index (Phi) is 6.21. The Morgan fingerprint density at radius 1 is 1.43 bits per heavy atom. The minimum absolute atomic E-state index is 0.113. The van der Waals surface area contributed by atoms with Gasteiger partial charge in [-0.2, -0.15) is 0 Å². The van der Waals surface area contributed by atoms with Crippen LogP contribution in [0.25, 0.3) is 0 Å². The first-order valence-electron chi connectivity index (χ1n) is 4.14. The van der Waals surface area contributed by atoms with E-state index in [0.29, 0.717) is 13.2 Å². The van der Waals surface area contributed by atoms with Gasteiger partial charge < -0.3 is 21.3 Å². The SMILES string of the molecule is CC(=O)O.NC(N)=NN1CCOCC1. The van der Waals surface area contributed by atoms with Gasteiger partial charge in [0.1, 0.15) is 0 Å². The van der Waals surface area contributed by atoms with Crippen LogP contribution in [0.2, 0.25) is 0 Å². The number of carboxylic acid groups (broad SMARTS) is 1. The number of hydrazone groups is 1. The van der Waals surface area contributed by atoms with E-state index in [1.54, 1.807) is 5.01 Å². The first kappa shape index (κ1) is 12.5. The maximum absolute atomic E-state index is 9.00. The Bertz CT molecular complexity index is 193. The minimum Gasteiger partial charge on any atom is -0.481 e. The normalized spacial score (nSPS) is 15.1. The van der Waals surface area contributed by atoms with Crippen LogP contribution in [0, 0.1) is 0 Å². The van der Waals surface area contributed by atoms with E-state index < -0.39 is 5.97 Å². The molecule has 7 heteroatoms. The summed E-state index contributed by atoms with van der Waals surface area (Å²) >= 11 is 0. The summed E-state index contributed by atoms with van der Waals surface area (Å²) in [7, 11) is 0. The highest BCUT2D eigenvalue weighted by atomic mass is 16.5. The second-order valence-corrected chi connectivity index (χ2v) is 2.61. The standard InChI is InChI=1S/C5H12N4O.C2H4O2/c6-5(7)8-9-1-3-10-4-2-9;1-2(3)4/h1-4H2,(H4,6,7,8);1H3,(H,3,4). The van der Waals surface area contributed by atoms with Crippen LogP contribution in [0.15, 0.2) is 5.10 Å². The van der Waals surface area contributed by atoms with Gasteiger partial charge in [-0.05, 0) is 0 Å². The quantitative estimate of drug-likeness (QED) is 0.357. The zero-order valence-corrected chi connectivity index (χ0v) is 8.14. The molecule has 0 bridgehead atoms. The number of hydrogen-bond donors (Lipinski definition) is 3. The molecule has 0 saturated carbocycles. The van der Waals surface area contributed by atoms with Gasteiger partial charge in [0.15, 0.2) is 0 Å². The summed E-state index contributed by atoms with van der Waals surface area (Å²) in [5, 5.41) is 13.1. The van der Waals surface area contributed by atoms with Gasteiger partial charge in [-0.15, -0.1) is 5.10 Å². The third kappa shape index (κ3) is 8.60. The highest BCUT2D eigenvalue weighted by Gasteiger charge is 2.06. The van der Waals surface area contributed by atoms with Gasteiger partial charge >= 0.3 is 0 Å². The fourth-order valence-electron chi connectivity index (χ4n) is 0.817. The fraction of sp³-hybridized carbons (Fsp3) is 0.714. The van der Waals surface area contributed by atoms with Crippen molar-refractivity contribution in [2.24, 2.45) is 16.6 Å². The summed E-state index contributed by atoms with van der Waals surface area (Å²) in [4.78, 5) is 9.00. The number of nitrogens with zero attached hydrogens (tertiary/aromatic N) is 2.